The maximum absolute atomic E-state index is 13.4. The van der Waals surface area contributed by atoms with Gasteiger partial charge in [0.25, 0.3) is 0 Å². The highest BCUT2D eigenvalue weighted by Crippen LogP contribution is 2.36. The molecule has 1 aromatic carbocycles. The van der Waals surface area contributed by atoms with Gasteiger partial charge in [0.05, 0.1) is 11.5 Å². The number of carbonyl (C=O) groups excluding carboxylic acids is 1. The third-order valence-corrected chi connectivity index (χ3v) is 5.03. The average Bonchev–Trinajstić information content (AvgIpc) is 2.65. The van der Waals surface area contributed by atoms with Crippen LogP contribution in [0.25, 0.3) is 0 Å². The molecule has 1 unspecified atom stereocenters. The van der Waals surface area contributed by atoms with E-state index in [1.54, 1.807) is 6.07 Å². The van der Waals surface area contributed by atoms with Crippen molar-refractivity contribution in [2.75, 3.05) is 18.0 Å². The summed E-state index contributed by atoms with van der Waals surface area (Å²) in [5, 5.41) is 2.74. The van der Waals surface area contributed by atoms with Crippen molar-refractivity contribution < 1.29 is 22.4 Å². The molecule has 2 aromatic rings. The number of rotatable bonds is 4. The van der Waals surface area contributed by atoms with Gasteiger partial charge in [0, 0.05) is 30.3 Å². The number of hydrogen-bond donors (Lipinski definition) is 1. The molecule has 0 bridgehead atoms. The number of aromatic nitrogens is 1. The fourth-order valence-corrected chi connectivity index (χ4v) is 3.81. The van der Waals surface area contributed by atoms with Gasteiger partial charge in [0.15, 0.2) is 0 Å². The monoisotopic (exact) mass is 459 g/mol. The van der Waals surface area contributed by atoms with Crippen LogP contribution in [0.4, 0.5) is 23.4 Å². The summed E-state index contributed by atoms with van der Waals surface area (Å²) in [4.78, 5) is 17.9. The second kappa shape index (κ2) is 8.46. The van der Waals surface area contributed by atoms with Crippen LogP contribution in [0.1, 0.15) is 24.0 Å². The number of halogens is 5. The zero-order chi connectivity index (χ0) is 20.3. The first kappa shape index (κ1) is 20.6. The average molecular weight is 460 g/mol. The molecule has 1 aliphatic heterocycles. The minimum absolute atomic E-state index is 0.142. The van der Waals surface area contributed by atoms with E-state index in [0.717, 1.165) is 6.07 Å². The Hall–Kier alpha value is -2.16. The van der Waals surface area contributed by atoms with Gasteiger partial charge in [-0.2, -0.15) is 13.2 Å². The lowest BCUT2D eigenvalue weighted by molar-refractivity contribution is -0.137. The van der Waals surface area contributed by atoms with Gasteiger partial charge in [0.1, 0.15) is 11.6 Å². The van der Waals surface area contributed by atoms with Gasteiger partial charge in [-0.15, -0.1) is 0 Å². The van der Waals surface area contributed by atoms with Gasteiger partial charge in [0.2, 0.25) is 5.91 Å². The molecular weight excluding hydrogens is 442 g/mol. The van der Waals surface area contributed by atoms with Gasteiger partial charge in [-0.05, 0) is 48.7 Å². The van der Waals surface area contributed by atoms with E-state index in [1.807, 2.05) is 0 Å². The summed E-state index contributed by atoms with van der Waals surface area (Å²) in [7, 11) is 0. The van der Waals surface area contributed by atoms with Crippen molar-refractivity contribution in [1.29, 1.82) is 0 Å². The Morgan fingerprint density at radius 1 is 1.32 bits per heavy atom. The van der Waals surface area contributed by atoms with E-state index in [4.69, 9.17) is 0 Å². The van der Waals surface area contributed by atoms with Crippen molar-refractivity contribution >= 4 is 27.7 Å². The third-order valence-electron chi connectivity index (χ3n) is 4.57. The van der Waals surface area contributed by atoms with E-state index in [1.165, 1.54) is 29.3 Å². The third kappa shape index (κ3) is 5.01. The first-order valence-corrected chi connectivity index (χ1v) is 9.53. The van der Waals surface area contributed by atoms with Gasteiger partial charge < -0.3 is 10.2 Å². The quantitative estimate of drug-likeness (QED) is 0.682. The number of benzene rings is 1. The highest BCUT2D eigenvalue weighted by Gasteiger charge is 2.37. The van der Waals surface area contributed by atoms with E-state index in [0.29, 0.717) is 29.4 Å². The van der Waals surface area contributed by atoms with E-state index in [9.17, 15) is 22.4 Å². The van der Waals surface area contributed by atoms with Gasteiger partial charge in [-0.3, -0.25) is 4.79 Å². The second-order valence-corrected chi connectivity index (χ2v) is 7.57. The van der Waals surface area contributed by atoms with Crippen LogP contribution in [0.2, 0.25) is 0 Å². The summed E-state index contributed by atoms with van der Waals surface area (Å²) in [6.07, 6.45) is -2.04. The van der Waals surface area contributed by atoms with Crippen LogP contribution in [-0.2, 0) is 17.5 Å². The maximum atomic E-state index is 13.4. The van der Waals surface area contributed by atoms with Crippen molar-refractivity contribution in [3.05, 3.63) is 57.9 Å². The van der Waals surface area contributed by atoms with Crippen molar-refractivity contribution in [2.45, 2.75) is 25.6 Å². The maximum Gasteiger partial charge on any atom is 0.419 e. The van der Waals surface area contributed by atoms with Gasteiger partial charge in [-0.25, -0.2) is 9.37 Å². The molecular formula is C19H18BrF4N3O. The van der Waals surface area contributed by atoms with Crippen LogP contribution >= 0.6 is 15.9 Å². The van der Waals surface area contributed by atoms with E-state index in [-0.39, 0.29) is 24.8 Å². The van der Waals surface area contributed by atoms with E-state index in [2.05, 4.69) is 26.2 Å². The summed E-state index contributed by atoms with van der Waals surface area (Å²) in [6.45, 7) is 0.697. The van der Waals surface area contributed by atoms with Gasteiger partial charge >= 0.3 is 6.18 Å². The minimum Gasteiger partial charge on any atom is -0.355 e. The smallest absolute Gasteiger partial charge is 0.355 e. The molecule has 150 valence electrons. The summed E-state index contributed by atoms with van der Waals surface area (Å²) in [5.74, 6) is -1.30. The Balaban J connectivity index is 1.67. The Morgan fingerprint density at radius 2 is 2.11 bits per heavy atom. The molecule has 0 radical (unpaired) electrons. The summed E-state index contributed by atoms with van der Waals surface area (Å²) < 4.78 is 53.8. The fraction of sp³-hybridized carbons (Fsp3) is 0.368. The number of piperidine rings is 1. The van der Waals surface area contributed by atoms with Crippen LogP contribution < -0.4 is 10.2 Å². The van der Waals surface area contributed by atoms with Crippen molar-refractivity contribution in [3.8, 4) is 0 Å². The molecule has 1 amide bonds. The molecule has 1 saturated heterocycles. The van der Waals surface area contributed by atoms with E-state index < -0.39 is 23.5 Å². The molecule has 2 heterocycles. The molecule has 0 saturated carbocycles. The molecule has 28 heavy (non-hydrogen) atoms. The number of hydrogen-bond acceptors (Lipinski definition) is 3. The number of nitrogens with zero attached hydrogens (tertiary/aromatic N) is 2. The van der Waals surface area contributed by atoms with E-state index >= 15 is 0 Å². The molecule has 0 spiro atoms. The highest BCUT2D eigenvalue weighted by molar-refractivity contribution is 9.10. The molecule has 9 heteroatoms. The number of nitrogens with one attached hydrogen (secondary N) is 1. The largest absolute Gasteiger partial charge is 0.419 e. The molecule has 0 aliphatic carbocycles. The second-order valence-electron chi connectivity index (χ2n) is 6.65. The minimum atomic E-state index is -4.51. The number of pyridine rings is 1. The molecule has 1 fully saturated rings. The molecule has 4 nitrogen and oxygen atoms in total. The Kier molecular flexibility index (Phi) is 6.22. The van der Waals surface area contributed by atoms with Crippen LogP contribution in [0.3, 0.4) is 0 Å². The predicted octanol–water partition coefficient (Wildman–Crippen LogP) is 4.53. The molecule has 1 aliphatic rings. The lowest BCUT2D eigenvalue weighted by Crippen LogP contribution is -2.43. The highest BCUT2D eigenvalue weighted by atomic mass is 79.9. The fourth-order valence-electron chi connectivity index (χ4n) is 3.30. The molecule has 1 N–H and O–H groups in total. The van der Waals surface area contributed by atoms with Crippen molar-refractivity contribution in [2.24, 2.45) is 5.92 Å². The van der Waals surface area contributed by atoms with Crippen LogP contribution in [0.5, 0.6) is 0 Å². The first-order valence-electron chi connectivity index (χ1n) is 8.74. The van der Waals surface area contributed by atoms with Crippen molar-refractivity contribution in [1.82, 2.24) is 10.3 Å². The number of alkyl halides is 3. The zero-order valence-corrected chi connectivity index (χ0v) is 16.4. The predicted molar refractivity (Wildman–Crippen MR) is 100 cm³/mol. The van der Waals surface area contributed by atoms with Crippen LogP contribution in [0.15, 0.2) is 41.0 Å². The standard InChI is InChI=1S/C19H18BrF4N3O/c20-14-7-12(8-15(21)9-14)10-26-18(28)13-3-2-6-27(11-13)17-16(19(22,23)24)4-1-5-25-17/h1,4-5,7-9,13H,2-3,6,10-11H2,(H,26,28). The molecule has 1 aromatic heterocycles. The Morgan fingerprint density at radius 3 is 2.82 bits per heavy atom. The molecule has 1 atom stereocenters. The number of amides is 1. The normalized spacial score (nSPS) is 17.5. The number of anilines is 1. The Labute approximate surface area is 168 Å². The number of carbonyl (C=O) groups is 1. The summed E-state index contributed by atoms with van der Waals surface area (Å²) >= 11 is 3.19. The summed E-state index contributed by atoms with van der Waals surface area (Å²) in [5.41, 5.74) is -0.211. The zero-order valence-electron chi connectivity index (χ0n) is 14.8. The topological polar surface area (TPSA) is 45.2 Å². The lowest BCUT2D eigenvalue weighted by Gasteiger charge is -2.34. The van der Waals surface area contributed by atoms with Crippen LogP contribution in [-0.4, -0.2) is 24.0 Å². The van der Waals surface area contributed by atoms with Crippen LogP contribution in [0, 0.1) is 11.7 Å². The first-order chi connectivity index (χ1) is 13.2. The SMILES string of the molecule is O=C(NCc1cc(F)cc(Br)c1)C1CCCN(c2ncccc2C(F)(F)F)C1. The molecule has 3 rings (SSSR count). The van der Waals surface area contributed by atoms with Gasteiger partial charge in [-0.1, -0.05) is 15.9 Å². The Bertz CT molecular complexity index is 839. The summed E-state index contributed by atoms with van der Waals surface area (Å²) in [6, 6.07) is 6.57. The lowest BCUT2D eigenvalue weighted by atomic mass is 9.96. The van der Waals surface area contributed by atoms with Crippen molar-refractivity contribution in [3.63, 3.8) is 0 Å².